The summed E-state index contributed by atoms with van der Waals surface area (Å²) in [5.41, 5.74) is 4.06. The van der Waals surface area contributed by atoms with E-state index in [2.05, 4.69) is 15.0 Å². The van der Waals surface area contributed by atoms with Gasteiger partial charge in [-0.1, -0.05) is 11.6 Å². The van der Waals surface area contributed by atoms with E-state index in [1.807, 2.05) is 25.1 Å². The van der Waals surface area contributed by atoms with Gasteiger partial charge in [-0.05, 0) is 55.3 Å². The monoisotopic (exact) mass is 384 g/mol. The first-order valence-electron chi connectivity index (χ1n) is 8.72. The summed E-state index contributed by atoms with van der Waals surface area (Å²) in [6.07, 6.45) is 2.34. The molecule has 27 heavy (non-hydrogen) atoms. The summed E-state index contributed by atoms with van der Waals surface area (Å²) in [4.78, 5) is 26.4. The van der Waals surface area contributed by atoms with Crippen molar-refractivity contribution in [1.29, 1.82) is 0 Å². The maximum Gasteiger partial charge on any atom is 0.235 e. The Morgan fingerprint density at radius 1 is 1.37 bits per heavy atom. The van der Waals surface area contributed by atoms with Crippen LogP contribution in [0.2, 0.25) is 5.02 Å². The molecule has 7 heteroatoms. The maximum atomic E-state index is 13.4. The molecule has 0 spiro atoms. The van der Waals surface area contributed by atoms with Crippen molar-refractivity contribution in [2.24, 2.45) is 10.9 Å². The molecule has 2 aromatic carbocycles. The number of hydrogen-bond acceptors (Lipinski definition) is 3. The van der Waals surface area contributed by atoms with Gasteiger partial charge in [0, 0.05) is 23.0 Å². The van der Waals surface area contributed by atoms with Crippen LogP contribution in [-0.4, -0.2) is 28.1 Å². The molecule has 1 atom stereocenters. The van der Waals surface area contributed by atoms with Crippen LogP contribution in [0.3, 0.4) is 0 Å². The SMILES string of the molecule is CC(=NCc1cc(F)cc(Cl)c1)C1CCN(c2ccc3nc[nH]c3c2)C1=O. The van der Waals surface area contributed by atoms with Crippen LogP contribution in [0.1, 0.15) is 18.9 Å². The molecule has 1 saturated heterocycles. The van der Waals surface area contributed by atoms with Crippen LogP contribution >= 0.6 is 11.6 Å². The third-order valence-corrected chi connectivity index (χ3v) is 5.08. The molecule has 1 N–H and O–H groups in total. The standard InChI is InChI=1S/C20H18ClFN4O/c1-12(23-10-13-6-14(21)8-15(22)7-13)17-4-5-26(20(17)27)16-2-3-18-19(9-16)25-11-24-18/h2-3,6-9,11,17H,4-5,10H2,1H3,(H,24,25). The van der Waals surface area contributed by atoms with Gasteiger partial charge in [-0.3, -0.25) is 9.79 Å². The average Bonchev–Trinajstić information content (AvgIpc) is 3.24. The molecule has 0 radical (unpaired) electrons. The molecule has 2 heterocycles. The number of anilines is 1. The maximum absolute atomic E-state index is 13.4. The van der Waals surface area contributed by atoms with Gasteiger partial charge in [-0.2, -0.15) is 0 Å². The Morgan fingerprint density at radius 3 is 3.04 bits per heavy atom. The first-order valence-corrected chi connectivity index (χ1v) is 9.09. The van der Waals surface area contributed by atoms with Crippen molar-refractivity contribution in [3.8, 4) is 0 Å². The van der Waals surface area contributed by atoms with E-state index in [-0.39, 0.29) is 17.6 Å². The molecule has 5 nitrogen and oxygen atoms in total. The number of carbonyl (C=O) groups is 1. The number of aliphatic imine (C=N–C) groups is 1. The Balaban J connectivity index is 1.50. The van der Waals surface area contributed by atoms with Crippen molar-refractivity contribution in [2.75, 3.05) is 11.4 Å². The minimum Gasteiger partial charge on any atom is -0.345 e. The minimum atomic E-state index is -0.386. The molecule has 0 saturated carbocycles. The highest BCUT2D eigenvalue weighted by Crippen LogP contribution is 2.28. The van der Waals surface area contributed by atoms with Gasteiger partial charge in [0.05, 0.1) is 29.8 Å². The number of nitrogens with one attached hydrogen (secondary N) is 1. The zero-order chi connectivity index (χ0) is 19.0. The van der Waals surface area contributed by atoms with Gasteiger partial charge in [-0.25, -0.2) is 9.37 Å². The summed E-state index contributed by atoms with van der Waals surface area (Å²) in [5, 5.41) is 0.343. The lowest BCUT2D eigenvalue weighted by Crippen LogP contribution is -2.29. The predicted octanol–water partition coefficient (Wildman–Crippen LogP) is 4.37. The van der Waals surface area contributed by atoms with Crippen LogP contribution < -0.4 is 4.90 Å². The molecule has 138 valence electrons. The molecule has 1 aromatic heterocycles. The van der Waals surface area contributed by atoms with Crippen molar-refractivity contribution < 1.29 is 9.18 Å². The second-order valence-electron chi connectivity index (χ2n) is 6.67. The normalized spacial score (nSPS) is 17.9. The van der Waals surface area contributed by atoms with Crippen LogP contribution in [0.25, 0.3) is 11.0 Å². The fourth-order valence-electron chi connectivity index (χ4n) is 3.44. The lowest BCUT2D eigenvalue weighted by Gasteiger charge is -2.17. The van der Waals surface area contributed by atoms with Crippen LogP contribution in [0, 0.1) is 11.7 Å². The number of imidazole rings is 1. The molecule has 3 aromatic rings. The number of aromatic nitrogens is 2. The quantitative estimate of drug-likeness (QED) is 0.679. The van der Waals surface area contributed by atoms with E-state index in [9.17, 15) is 9.18 Å². The van der Waals surface area contributed by atoms with Crippen molar-refractivity contribution >= 4 is 39.9 Å². The van der Waals surface area contributed by atoms with Crippen LogP contribution in [-0.2, 0) is 11.3 Å². The minimum absolute atomic E-state index is 0.0346. The molecule has 0 aliphatic carbocycles. The van der Waals surface area contributed by atoms with E-state index in [0.29, 0.717) is 30.1 Å². The Hall–Kier alpha value is -2.73. The third kappa shape index (κ3) is 3.57. The number of fused-ring (bicyclic) bond motifs is 1. The largest absolute Gasteiger partial charge is 0.345 e. The van der Waals surface area contributed by atoms with E-state index in [0.717, 1.165) is 22.4 Å². The molecule has 0 bridgehead atoms. The van der Waals surface area contributed by atoms with Crippen molar-refractivity contribution in [3.05, 3.63) is 59.1 Å². The smallest absolute Gasteiger partial charge is 0.235 e. The summed E-state index contributed by atoms with van der Waals surface area (Å²) in [7, 11) is 0. The molecule has 1 amide bonds. The van der Waals surface area contributed by atoms with Gasteiger partial charge in [0.25, 0.3) is 0 Å². The van der Waals surface area contributed by atoms with E-state index < -0.39 is 0 Å². The summed E-state index contributed by atoms with van der Waals surface area (Å²) >= 11 is 5.88. The Morgan fingerprint density at radius 2 is 2.22 bits per heavy atom. The fourth-order valence-corrected chi connectivity index (χ4v) is 3.69. The summed E-state index contributed by atoms with van der Waals surface area (Å²) in [5.74, 6) is -0.610. The molecule has 1 unspecified atom stereocenters. The number of H-pyrrole nitrogens is 1. The topological polar surface area (TPSA) is 61.4 Å². The first-order chi connectivity index (χ1) is 13.0. The predicted molar refractivity (Wildman–Crippen MR) is 105 cm³/mol. The summed E-state index contributed by atoms with van der Waals surface area (Å²) in [6.45, 7) is 2.79. The van der Waals surface area contributed by atoms with Crippen molar-refractivity contribution in [2.45, 2.75) is 19.9 Å². The third-order valence-electron chi connectivity index (χ3n) is 4.86. The first kappa shape index (κ1) is 17.7. The Labute approximate surface area is 160 Å². The summed E-state index contributed by atoms with van der Waals surface area (Å²) < 4.78 is 13.4. The van der Waals surface area contributed by atoms with Gasteiger partial charge in [0.2, 0.25) is 5.91 Å². The number of nitrogens with zero attached hydrogens (tertiary/aromatic N) is 3. The highest BCUT2D eigenvalue weighted by Gasteiger charge is 2.34. The van der Waals surface area contributed by atoms with Crippen LogP contribution in [0.15, 0.2) is 47.7 Å². The molecular weight excluding hydrogens is 367 g/mol. The second-order valence-corrected chi connectivity index (χ2v) is 7.11. The zero-order valence-corrected chi connectivity index (χ0v) is 15.5. The molecule has 1 aliphatic rings. The lowest BCUT2D eigenvalue weighted by molar-refractivity contribution is -0.118. The highest BCUT2D eigenvalue weighted by atomic mass is 35.5. The molecule has 1 aliphatic heterocycles. The molecule has 1 fully saturated rings. The van der Waals surface area contributed by atoms with E-state index in [4.69, 9.17) is 11.6 Å². The van der Waals surface area contributed by atoms with Gasteiger partial charge in [0.15, 0.2) is 0 Å². The lowest BCUT2D eigenvalue weighted by atomic mass is 10.0. The van der Waals surface area contributed by atoms with Gasteiger partial charge < -0.3 is 9.88 Å². The van der Waals surface area contributed by atoms with Gasteiger partial charge in [-0.15, -0.1) is 0 Å². The average molecular weight is 385 g/mol. The van der Waals surface area contributed by atoms with Gasteiger partial charge in [0.1, 0.15) is 5.82 Å². The van der Waals surface area contributed by atoms with Gasteiger partial charge >= 0.3 is 0 Å². The number of halogens is 2. The van der Waals surface area contributed by atoms with E-state index in [1.54, 1.807) is 17.3 Å². The Kier molecular flexibility index (Phi) is 4.66. The molecular formula is C20H18ClFN4O. The number of carbonyl (C=O) groups excluding carboxylic acids is 1. The molecule has 4 rings (SSSR count). The van der Waals surface area contributed by atoms with E-state index >= 15 is 0 Å². The summed E-state index contributed by atoms with van der Waals surface area (Å²) in [6, 6.07) is 10.1. The number of aromatic amines is 1. The number of hydrogen-bond donors (Lipinski definition) is 1. The van der Waals surface area contributed by atoms with Crippen molar-refractivity contribution in [1.82, 2.24) is 9.97 Å². The zero-order valence-electron chi connectivity index (χ0n) is 14.7. The number of amides is 1. The number of benzene rings is 2. The Bertz CT molecular complexity index is 1030. The highest BCUT2D eigenvalue weighted by molar-refractivity contribution is 6.30. The van der Waals surface area contributed by atoms with E-state index in [1.165, 1.54) is 12.1 Å². The van der Waals surface area contributed by atoms with Crippen molar-refractivity contribution in [3.63, 3.8) is 0 Å². The van der Waals surface area contributed by atoms with Crippen LogP contribution in [0.5, 0.6) is 0 Å². The second kappa shape index (κ2) is 7.12. The van der Waals surface area contributed by atoms with Crippen LogP contribution in [0.4, 0.5) is 10.1 Å². The number of rotatable bonds is 4. The fraction of sp³-hybridized carbons (Fsp3) is 0.250.